The minimum Gasteiger partial charge on any atom is -0.447 e. The zero-order chi connectivity index (χ0) is 10.7. The first-order valence-corrected chi connectivity index (χ1v) is 5.51. The highest BCUT2D eigenvalue weighted by Crippen LogP contribution is 2.23. The Morgan fingerprint density at radius 2 is 1.79 bits per heavy atom. The first-order valence-electron chi connectivity index (χ1n) is 5.51. The van der Waals surface area contributed by atoms with Gasteiger partial charge in [0.05, 0.1) is 6.10 Å². The molecule has 0 aliphatic carbocycles. The van der Waals surface area contributed by atoms with Gasteiger partial charge in [0.2, 0.25) is 0 Å². The molecule has 0 radical (unpaired) electrons. The van der Waals surface area contributed by atoms with Crippen LogP contribution in [0.25, 0.3) is 0 Å². The van der Waals surface area contributed by atoms with E-state index in [2.05, 4.69) is 13.8 Å². The van der Waals surface area contributed by atoms with Gasteiger partial charge in [-0.2, -0.15) is 0 Å². The number of hydrogen-bond acceptors (Lipinski definition) is 2. The maximum absolute atomic E-state index is 11.7. The second kappa shape index (κ2) is 4.67. The van der Waals surface area contributed by atoms with Gasteiger partial charge in [-0.1, -0.05) is 0 Å². The summed E-state index contributed by atoms with van der Waals surface area (Å²) < 4.78 is 5.22. The van der Waals surface area contributed by atoms with Crippen LogP contribution in [0.2, 0.25) is 0 Å². The summed E-state index contributed by atoms with van der Waals surface area (Å²) in [5.74, 6) is 0. The Balaban J connectivity index is 2.58. The summed E-state index contributed by atoms with van der Waals surface area (Å²) in [7, 11) is 0. The molecule has 14 heavy (non-hydrogen) atoms. The van der Waals surface area contributed by atoms with Crippen molar-refractivity contribution in [3.63, 3.8) is 0 Å². The van der Waals surface area contributed by atoms with Crippen LogP contribution in [-0.2, 0) is 4.74 Å². The van der Waals surface area contributed by atoms with E-state index in [4.69, 9.17) is 4.74 Å². The summed E-state index contributed by atoms with van der Waals surface area (Å²) in [6.07, 6.45) is 3.23. The second-order valence-corrected chi connectivity index (χ2v) is 4.47. The average molecular weight is 199 g/mol. The third-order valence-corrected chi connectivity index (χ3v) is 2.74. The van der Waals surface area contributed by atoms with Crippen molar-refractivity contribution in [3.8, 4) is 0 Å². The number of hydrogen-bond donors (Lipinski definition) is 0. The van der Waals surface area contributed by atoms with E-state index >= 15 is 0 Å². The van der Waals surface area contributed by atoms with Crippen molar-refractivity contribution in [1.82, 2.24) is 4.90 Å². The Morgan fingerprint density at radius 1 is 1.29 bits per heavy atom. The van der Waals surface area contributed by atoms with Gasteiger partial charge in [-0.3, -0.25) is 0 Å². The van der Waals surface area contributed by atoms with Crippen LogP contribution in [-0.4, -0.2) is 29.2 Å². The van der Waals surface area contributed by atoms with Crippen molar-refractivity contribution in [2.75, 3.05) is 0 Å². The monoisotopic (exact) mass is 199 g/mol. The van der Waals surface area contributed by atoms with Crippen LogP contribution in [0.1, 0.15) is 47.0 Å². The molecule has 0 aromatic rings. The second-order valence-electron chi connectivity index (χ2n) is 4.47. The quantitative estimate of drug-likeness (QED) is 0.650. The van der Waals surface area contributed by atoms with Gasteiger partial charge in [0.15, 0.2) is 0 Å². The average Bonchev–Trinajstić information content (AvgIpc) is 2.01. The lowest BCUT2D eigenvalue weighted by atomic mass is 9.98. The summed E-state index contributed by atoms with van der Waals surface area (Å²) in [6, 6.07) is 0.648. The Morgan fingerprint density at radius 3 is 2.21 bits per heavy atom. The van der Waals surface area contributed by atoms with E-state index in [0.29, 0.717) is 12.1 Å². The number of piperidine rings is 1. The van der Waals surface area contributed by atoms with Gasteiger partial charge < -0.3 is 9.64 Å². The molecule has 1 rings (SSSR count). The van der Waals surface area contributed by atoms with Gasteiger partial charge in [-0.05, 0) is 47.0 Å². The predicted octanol–water partition coefficient (Wildman–Crippen LogP) is 2.79. The number of ether oxygens (including phenoxy) is 1. The number of carbonyl (C=O) groups is 1. The van der Waals surface area contributed by atoms with E-state index < -0.39 is 0 Å². The smallest absolute Gasteiger partial charge is 0.410 e. The lowest BCUT2D eigenvalue weighted by Crippen LogP contribution is -2.48. The summed E-state index contributed by atoms with van der Waals surface area (Å²) in [4.78, 5) is 13.6. The van der Waals surface area contributed by atoms with Crippen LogP contribution >= 0.6 is 0 Å². The first-order chi connectivity index (χ1) is 6.52. The van der Waals surface area contributed by atoms with Crippen LogP contribution in [0.15, 0.2) is 0 Å². The lowest BCUT2D eigenvalue weighted by Gasteiger charge is -2.38. The number of nitrogens with zero attached hydrogens (tertiary/aromatic N) is 1. The highest BCUT2D eigenvalue weighted by atomic mass is 16.6. The number of likely N-dealkylation sites (tertiary alicyclic amines) is 1. The molecule has 1 heterocycles. The maximum Gasteiger partial charge on any atom is 0.410 e. The van der Waals surface area contributed by atoms with Crippen LogP contribution in [0.4, 0.5) is 4.79 Å². The van der Waals surface area contributed by atoms with Gasteiger partial charge in [0, 0.05) is 12.1 Å². The number of carbonyl (C=O) groups excluding carboxylic acids is 1. The van der Waals surface area contributed by atoms with Gasteiger partial charge >= 0.3 is 6.09 Å². The topological polar surface area (TPSA) is 29.5 Å². The Hall–Kier alpha value is -0.730. The normalized spacial score (nSPS) is 27.9. The molecule has 0 bridgehead atoms. The number of amides is 1. The van der Waals surface area contributed by atoms with E-state index in [1.165, 1.54) is 6.42 Å². The van der Waals surface area contributed by atoms with Crippen molar-refractivity contribution in [2.24, 2.45) is 0 Å². The van der Waals surface area contributed by atoms with E-state index in [-0.39, 0.29) is 12.2 Å². The molecule has 0 saturated carbocycles. The highest BCUT2D eigenvalue weighted by molar-refractivity contribution is 5.68. The van der Waals surface area contributed by atoms with Gasteiger partial charge in [-0.25, -0.2) is 4.79 Å². The molecule has 0 aromatic carbocycles. The summed E-state index contributed by atoms with van der Waals surface area (Å²) in [5.41, 5.74) is 0. The molecular weight excluding hydrogens is 178 g/mol. The zero-order valence-electron chi connectivity index (χ0n) is 9.62. The van der Waals surface area contributed by atoms with E-state index in [9.17, 15) is 4.79 Å². The van der Waals surface area contributed by atoms with Crippen molar-refractivity contribution >= 4 is 6.09 Å². The first kappa shape index (κ1) is 11.3. The highest BCUT2D eigenvalue weighted by Gasteiger charge is 2.30. The molecule has 1 saturated heterocycles. The van der Waals surface area contributed by atoms with Gasteiger partial charge in [0.25, 0.3) is 0 Å². The largest absolute Gasteiger partial charge is 0.447 e. The van der Waals surface area contributed by atoms with Gasteiger partial charge in [-0.15, -0.1) is 0 Å². The molecule has 3 heteroatoms. The van der Waals surface area contributed by atoms with Crippen LogP contribution in [0.5, 0.6) is 0 Å². The molecule has 0 unspecified atom stereocenters. The molecule has 1 aliphatic rings. The van der Waals surface area contributed by atoms with Crippen molar-refractivity contribution in [3.05, 3.63) is 0 Å². The van der Waals surface area contributed by atoms with Crippen molar-refractivity contribution in [2.45, 2.75) is 65.1 Å². The SMILES string of the molecule is CC(C)OC(=O)N1[C@H](C)CCC[C@@H]1C. The predicted molar refractivity (Wildman–Crippen MR) is 56.2 cm³/mol. The van der Waals surface area contributed by atoms with Crippen molar-refractivity contribution in [1.29, 1.82) is 0 Å². The Bertz CT molecular complexity index is 193. The molecule has 1 amide bonds. The molecule has 2 atom stereocenters. The van der Waals surface area contributed by atoms with Crippen molar-refractivity contribution < 1.29 is 9.53 Å². The number of rotatable bonds is 1. The molecule has 0 aromatic heterocycles. The fourth-order valence-electron chi connectivity index (χ4n) is 2.04. The lowest BCUT2D eigenvalue weighted by molar-refractivity contribution is 0.0380. The Kier molecular flexibility index (Phi) is 3.78. The standard InChI is InChI=1S/C11H21NO2/c1-8(2)14-11(13)12-9(3)6-5-7-10(12)4/h8-10H,5-7H2,1-4H3/t9-,10+. The minimum atomic E-state index is -0.153. The fraction of sp³-hybridized carbons (Fsp3) is 0.909. The summed E-state index contributed by atoms with van der Waals surface area (Å²) in [6.45, 7) is 7.96. The molecule has 0 spiro atoms. The minimum absolute atomic E-state index is 0.0242. The third kappa shape index (κ3) is 2.63. The van der Waals surface area contributed by atoms with Gasteiger partial charge in [0.1, 0.15) is 0 Å². The maximum atomic E-state index is 11.7. The third-order valence-electron chi connectivity index (χ3n) is 2.74. The molecular formula is C11H21NO2. The Labute approximate surface area is 86.4 Å². The molecule has 3 nitrogen and oxygen atoms in total. The molecule has 0 N–H and O–H groups in total. The van der Waals surface area contributed by atoms with E-state index in [0.717, 1.165) is 12.8 Å². The summed E-state index contributed by atoms with van der Waals surface area (Å²) in [5, 5.41) is 0. The summed E-state index contributed by atoms with van der Waals surface area (Å²) >= 11 is 0. The molecule has 1 fully saturated rings. The van der Waals surface area contributed by atoms with Crippen LogP contribution in [0, 0.1) is 0 Å². The van der Waals surface area contributed by atoms with E-state index in [1.54, 1.807) is 0 Å². The molecule has 1 aliphatic heterocycles. The van der Waals surface area contributed by atoms with Crippen LogP contribution < -0.4 is 0 Å². The zero-order valence-corrected chi connectivity index (χ0v) is 9.62. The fourth-order valence-corrected chi connectivity index (χ4v) is 2.04. The van der Waals surface area contributed by atoms with Crippen LogP contribution in [0.3, 0.4) is 0 Å². The molecule has 82 valence electrons. The van der Waals surface area contributed by atoms with E-state index in [1.807, 2.05) is 18.7 Å².